The van der Waals surface area contributed by atoms with Crippen molar-refractivity contribution in [1.82, 2.24) is 20.1 Å². The Morgan fingerprint density at radius 3 is 2.70 bits per heavy atom. The number of hydrogen-bond donors (Lipinski definition) is 0. The first-order valence-electron chi connectivity index (χ1n) is 7.61. The molecule has 0 N–H and O–H groups in total. The van der Waals surface area contributed by atoms with Crippen LogP contribution in [0.15, 0.2) is 47.2 Å². The zero-order valence-electron chi connectivity index (χ0n) is 12.4. The Morgan fingerprint density at radius 2 is 2.00 bits per heavy atom. The Hall–Kier alpha value is -3.00. The van der Waals surface area contributed by atoms with Gasteiger partial charge in [0, 0.05) is 23.9 Å². The van der Waals surface area contributed by atoms with Gasteiger partial charge in [0.25, 0.3) is 0 Å². The quantitative estimate of drug-likeness (QED) is 0.680. The molecule has 0 bridgehead atoms. The highest BCUT2D eigenvalue weighted by molar-refractivity contribution is 5.50. The van der Waals surface area contributed by atoms with Gasteiger partial charge >= 0.3 is 0 Å². The van der Waals surface area contributed by atoms with Crippen molar-refractivity contribution < 1.29 is 4.52 Å². The van der Waals surface area contributed by atoms with Crippen LogP contribution in [0.2, 0.25) is 0 Å². The van der Waals surface area contributed by atoms with Crippen LogP contribution in [0.4, 0.5) is 0 Å². The van der Waals surface area contributed by atoms with E-state index in [-0.39, 0.29) is 0 Å². The van der Waals surface area contributed by atoms with E-state index in [0.717, 1.165) is 30.0 Å². The largest absolute Gasteiger partial charge is 0.339 e. The molecule has 3 aromatic heterocycles. The maximum Gasteiger partial charge on any atom is 0.230 e. The molecule has 3 aromatic rings. The van der Waals surface area contributed by atoms with Crippen molar-refractivity contribution in [3.05, 3.63) is 59.9 Å². The molecule has 1 saturated carbocycles. The first-order valence-corrected chi connectivity index (χ1v) is 7.61. The topological polar surface area (TPSA) is 64.7 Å². The molecule has 0 aliphatic heterocycles. The SMILES string of the molecule is C(#Cc1ccccn1)c1ccc(-c2noc(C3CCC3)n2)nc1. The van der Waals surface area contributed by atoms with Gasteiger partial charge in [0.15, 0.2) is 0 Å². The zero-order chi connectivity index (χ0) is 15.5. The van der Waals surface area contributed by atoms with Gasteiger partial charge in [-0.3, -0.25) is 4.98 Å². The summed E-state index contributed by atoms with van der Waals surface area (Å²) in [6.45, 7) is 0. The van der Waals surface area contributed by atoms with Gasteiger partial charge in [-0.25, -0.2) is 4.98 Å². The zero-order valence-corrected chi connectivity index (χ0v) is 12.4. The fraction of sp³-hybridized carbons (Fsp3) is 0.222. The smallest absolute Gasteiger partial charge is 0.230 e. The van der Waals surface area contributed by atoms with Crippen molar-refractivity contribution in [3.8, 4) is 23.4 Å². The normalized spacial score (nSPS) is 13.9. The van der Waals surface area contributed by atoms with Gasteiger partial charge in [-0.2, -0.15) is 4.98 Å². The molecular formula is C18H14N4O. The Labute approximate surface area is 133 Å². The third kappa shape index (κ3) is 2.97. The van der Waals surface area contributed by atoms with Gasteiger partial charge in [0.1, 0.15) is 11.4 Å². The van der Waals surface area contributed by atoms with Gasteiger partial charge in [-0.1, -0.05) is 23.6 Å². The minimum atomic E-state index is 0.430. The highest BCUT2D eigenvalue weighted by atomic mass is 16.5. The molecule has 1 fully saturated rings. The second-order valence-corrected chi connectivity index (χ2v) is 5.48. The Balaban J connectivity index is 1.51. The average molecular weight is 302 g/mol. The lowest BCUT2D eigenvalue weighted by molar-refractivity contribution is 0.292. The van der Waals surface area contributed by atoms with Gasteiger partial charge in [0.2, 0.25) is 11.7 Å². The van der Waals surface area contributed by atoms with E-state index in [2.05, 4.69) is 31.9 Å². The minimum Gasteiger partial charge on any atom is -0.339 e. The molecule has 0 radical (unpaired) electrons. The summed E-state index contributed by atoms with van der Waals surface area (Å²) in [5.74, 6) is 7.74. The van der Waals surface area contributed by atoms with Crippen molar-refractivity contribution in [1.29, 1.82) is 0 Å². The molecule has 1 aliphatic rings. The molecule has 0 amide bonds. The summed E-state index contributed by atoms with van der Waals surface area (Å²) >= 11 is 0. The lowest BCUT2D eigenvalue weighted by Crippen LogP contribution is -2.08. The van der Waals surface area contributed by atoms with E-state index < -0.39 is 0 Å². The summed E-state index contributed by atoms with van der Waals surface area (Å²) in [5.41, 5.74) is 2.25. The predicted molar refractivity (Wildman–Crippen MR) is 84.3 cm³/mol. The molecule has 1 aliphatic carbocycles. The molecule has 23 heavy (non-hydrogen) atoms. The molecule has 4 rings (SSSR count). The lowest BCUT2D eigenvalue weighted by atomic mass is 9.85. The van der Waals surface area contributed by atoms with Crippen LogP contribution in [0.1, 0.15) is 42.3 Å². The highest BCUT2D eigenvalue weighted by Crippen LogP contribution is 2.35. The molecule has 0 unspecified atom stereocenters. The van der Waals surface area contributed by atoms with Crippen LogP contribution in [0.5, 0.6) is 0 Å². The Kier molecular flexibility index (Phi) is 3.57. The summed E-state index contributed by atoms with van der Waals surface area (Å²) in [6.07, 6.45) is 6.95. The minimum absolute atomic E-state index is 0.430. The molecule has 0 atom stereocenters. The summed E-state index contributed by atoms with van der Waals surface area (Å²) in [7, 11) is 0. The predicted octanol–water partition coefficient (Wildman–Crippen LogP) is 3.19. The van der Waals surface area contributed by atoms with Crippen LogP contribution in [0.3, 0.4) is 0 Å². The third-order valence-electron chi connectivity index (χ3n) is 3.89. The first-order chi connectivity index (χ1) is 11.4. The highest BCUT2D eigenvalue weighted by Gasteiger charge is 2.25. The molecule has 5 heteroatoms. The van der Waals surface area contributed by atoms with Crippen molar-refractivity contribution in [2.45, 2.75) is 25.2 Å². The van der Waals surface area contributed by atoms with Gasteiger partial charge in [-0.15, -0.1) is 0 Å². The summed E-state index contributed by atoms with van der Waals surface area (Å²) in [6, 6.07) is 9.41. The van der Waals surface area contributed by atoms with Crippen LogP contribution in [0, 0.1) is 11.8 Å². The summed E-state index contributed by atoms with van der Waals surface area (Å²) in [4.78, 5) is 13.0. The number of rotatable bonds is 2. The monoisotopic (exact) mass is 302 g/mol. The third-order valence-corrected chi connectivity index (χ3v) is 3.89. The fourth-order valence-electron chi connectivity index (χ4n) is 2.33. The van der Waals surface area contributed by atoms with E-state index in [9.17, 15) is 0 Å². The number of pyridine rings is 2. The standard InChI is InChI=1S/C18H14N4O/c1-2-11-19-15(6-1)9-7-13-8-10-16(20-12-13)17-21-18(23-22-17)14-4-3-5-14/h1-2,6,8,10-12,14H,3-5H2. The lowest BCUT2D eigenvalue weighted by Gasteiger charge is -2.20. The molecule has 0 aromatic carbocycles. The van der Waals surface area contributed by atoms with Crippen LogP contribution < -0.4 is 0 Å². The maximum absolute atomic E-state index is 5.32. The molecular weight excluding hydrogens is 288 g/mol. The van der Waals surface area contributed by atoms with Crippen LogP contribution in [-0.4, -0.2) is 20.1 Å². The molecule has 112 valence electrons. The van der Waals surface area contributed by atoms with E-state index in [1.165, 1.54) is 6.42 Å². The van der Waals surface area contributed by atoms with E-state index >= 15 is 0 Å². The van der Waals surface area contributed by atoms with E-state index in [1.54, 1.807) is 12.4 Å². The Morgan fingerprint density at radius 1 is 1.04 bits per heavy atom. The molecule has 3 heterocycles. The van der Waals surface area contributed by atoms with Crippen molar-refractivity contribution in [2.24, 2.45) is 0 Å². The van der Waals surface area contributed by atoms with Gasteiger partial charge in [0.05, 0.1) is 0 Å². The number of hydrogen-bond acceptors (Lipinski definition) is 5. The van der Waals surface area contributed by atoms with Crippen LogP contribution >= 0.6 is 0 Å². The van der Waals surface area contributed by atoms with E-state index in [4.69, 9.17) is 4.52 Å². The summed E-state index contributed by atoms with van der Waals surface area (Å²) in [5, 5.41) is 4.02. The number of aromatic nitrogens is 4. The maximum atomic E-state index is 5.32. The second-order valence-electron chi connectivity index (χ2n) is 5.48. The van der Waals surface area contributed by atoms with Crippen molar-refractivity contribution in [3.63, 3.8) is 0 Å². The summed E-state index contributed by atoms with van der Waals surface area (Å²) < 4.78 is 5.32. The first kappa shape index (κ1) is 13.6. The van der Waals surface area contributed by atoms with Crippen LogP contribution in [0.25, 0.3) is 11.5 Å². The Bertz CT molecular complexity index is 855. The molecule has 5 nitrogen and oxygen atoms in total. The van der Waals surface area contributed by atoms with E-state index in [0.29, 0.717) is 17.4 Å². The van der Waals surface area contributed by atoms with Crippen LogP contribution in [-0.2, 0) is 0 Å². The van der Waals surface area contributed by atoms with Crippen molar-refractivity contribution in [2.75, 3.05) is 0 Å². The second kappa shape index (κ2) is 6.01. The van der Waals surface area contributed by atoms with E-state index in [1.807, 2.05) is 30.3 Å². The number of nitrogens with zero attached hydrogens (tertiary/aromatic N) is 4. The molecule has 0 saturated heterocycles. The molecule has 0 spiro atoms. The van der Waals surface area contributed by atoms with Gasteiger partial charge < -0.3 is 4.52 Å². The van der Waals surface area contributed by atoms with Gasteiger partial charge in [-0.05, 0) is 43.0 Å². The van der Waals surface area contributed by atoms with Crippen molar-refractivity contribution >= 4 is 0 Å². The fourth-order valence-corrected chi connectivity index (χ4v) is 2.33. The average Bonchev–Trinajstić information content (AvgIpc) is 3.02.